The molecular weight excluding hydrogens is 484 g/mol. The molecule has 16 heteroatoms. The largest absolute Gasteiger partial charge is 0.459 e. The highest BCUT2D eigenvalue weighted by atomic mass is 16.8. The first kappa shape index (κ1) is 23.5. The number of aromatic amines is 1. The molecule has 0 bridgehead atoms. The van der Waals surface area contributed by atoms with E-state index in [2.05, 4.69) is 15.0 Å². The summed E-state index contributed by atoms with van der Waals surface area (Å²) in [5.41, 5.74) is -1.71. The zero-order chi connectivity index (χ0) is 25.8. The number of non-ortho nitro benzene ring substituents is 2. The summed E-state index contributed by atoms with van der Waals surface area (Å²) in [4.78, 5) is 55.9. The molecule has 188 valence electrons. The first-order chi connectivity index (χ1) is 17.0. The summed E-state index contributed by atoms with van der Waals surface area (Å²) in [7, 11) is 0. The van der Waals surface area contributed by atoms with E-state index >= 15 is 0 Å². The van der Waals surface area contributed by atoms with Crippen LogP contribution in [0.5, 0.6) is 0 Å². The number of esters is 1. The number of rotatable bonds is 6. The first-order valence-electron chi connectivity index (χ1n) is 10.6. The van der Waals surface area contributed by atoms with Crippen molar-refractivity contribution in [2.45, 2.75) is 44.2 Å². The number of fused-ring (bicyclic) bond motifs is 2. The van der Waals surface area contributed by atoms with Gasteiger partial charge in [-0.3, -0.25) is 29.6 Å². The van der Waals surface area contributed by atoms with E-state index in [1.54, 1.807) is 13.8 Å². The Bertz CT molecular complexity index is 1420. The molecule has 0 amide bonds. The molecule has 1 N–H and O–H groups in total. The maximum absolute atomic E-state index is 12.6. The van der Waals surface area contributed by atoms with Crippen molar-refractivity contribution in [3.05, 3.63) is 67.0 Å². The summed E-state index contributed by atoms with van der Waals surface area (Å²) in [6.45, 7) is 3.04. The summed E-state index contributed by atoms with van der Waals surface area (Å²) in [6, 6.07) is 2.51. The number of carbonyl (C=O) groups is 1. The Morgan fingerprint density at radius 3 is 2.47 bits per heavy atom. The molecule has 16 nitrogen and oxygen atoms in total. The molecule has 36 heavy (non-hydrogen) atoms. The van der Waals surface area contributed by atoms with Crippen LogP contribution < -0.4 is 5.56 Å². The smallest absolute Gasteiger partial charge is 0.338 e. The summed E-state index contributed by atoms with van der Waals surface area (Å²) < 4.78 is 24.8. The van der Waals surface area contributed by atoms with E-state index in [0.717, 1.165) is 18.2 Å². The van der Waals surface area contributed by atoms with Crippen LogP contribution in [0.25, 0.3) is 11.2 Å². The van der Waals surface area contributed by atoms with Crippen molar-refractivity contribution in [1.82, 2.24) is 19.5 Å². The normalized spacial score (nSPS) is 24.5. The van der Waals surface area contributed by atoms with Crippen LogP contribution in [-0.2, 0) is 18.9 Å². The molecular formula is C20H18N6O10. The van der Waals surface area contributed by atoms with Gasteiger partial charge in [0, 0.05) is 12.1 Å². The Hall–Kier alpha value is -4.28. The summed E-state index contributed by atoms with van der Waals surface area (Å²) >= 11 is 0. The third kappa shape index (κ3) is 4.06. The van der Waals surface area contributed by atoms with Crippen molar-refractivity contribution in [3.63, 3.8) is 0 Å². The zero-order valence-corrected chi connectivity index (χ0v) is 18.7. The fourth-order valence-corrected chi connectivity index (χ4v) is 4.23. The number of hydrogen-bond acceptors (Lipinski definition) is 12. The quantitative estimate of drug-likeness (QED) is 0.287. The summed E-state index contributed by atoms with van der Waals surface area (Å²) in [6.07, 6.45) is -0.460. The highest BCUT2D eigenvalue weighted by Crippen LogP contribution is 2.43. The van der Waals surface area contributed by atoms with Crippen LogP contribution in [0.3, 0.4) is 0 Å². The van der Waals surface area contributed by atoms with Gasteiger partial charge in [-0.1, -0.05) is 0 Å². The van der Waals surface area contributed by atoms with Crippen molar-refractivity contribution in [2.75, 3.05) is 6.61 Å². The SMILES string of the molecule is CC1(C)OC2C(COC(=O)c3cc([N+](=O)[O-])cc([N+](=O)[O-])c3)OC(n3cnc4c(=O)[nH]cnc43)C2O1. The van der Waals surface area contributed by atoms with Crippen LogP contribution in [-0.4, -0.2) is 66.0 Å². The Balaban J connectivity index is 1.39. The number of H-pyrrole nitrogens is 1. The van der Waals surface area contributed by atoms with Gasteiger partial charge in [-0.25, -0.2) is 14.8 Å². The minimum atomic E-state index is -1.02. The number of benzene rings is 1. The van der Waals surface area contributed by atoms with E-state index in [1.165, 1.54) is 17.2 Å². The van der Waals surface area contributed by atoms with Crippen molar-refractivity contribution >= 4 is 28.5 Å². The van der Waals surface area contributed by atoms with Crippen LogP contribution in [0.15, 0.2) is 35.6 Å². The lowest BCUT2D eigenvalue weighted by Gasteiger charge is -2.24. The van der Waals surface area contributed by atoms with Gasteiger partial charge in [0.2, 0.25) is 0 Å². The predicted molar refractivity (Wildman–Crippen MR) is 116 cm³/mol. The predicted octanol–water partition coefficient (Wildman–Crippen LogP) is 1.21. The highest BCUT2D eigenvalue weighted by molar-refractivity contribution is 5.91. The molecule has 2 fully saturated rings. The molecule has 2 aliphatic rings. The van der Waals surface area contributed by atoms with E-state index in [4.69, 9.17) is 18.9 Å². The number of nitrogens with zero attached hydrogens (tertiary/aromatic N) is 5. The topological polar surface area (TPSA) is 204 Å². The van der Waals surface area contributed by atoms with Gasteiger partial charge in [0.05, 0.1) is 34.1 Å². The monoisotopic (exact) mass is 502 g/mol. The minimum absolute atomic E-state index is 0.0953. The lowest BCUT2D eigenvalue weighted by molar-refractivity contribution is -0.394. The van der Waals surface area contributed by atoms with Gasteiger partial charge < -0.3 is 23.9 Å². The number of ether oxygens (including phenoxy) is 4. The van der Waals surface area contributed by atoms with Crippen LogP contribution in [0, 0.1) is 20.2 Å². The first-order valence-corrected chi connectivity index (χ1v) is 10.6. The second-order valence-electron chi connectivity index (χ2n) is 8.54. The summed E-state index contributed by atoms with van der Waals surface area (Å²) in [5, 5.41) is 22.2. The molecule has 2 saturated heterocycles. The molecule has 2 aromatic heterocycles. The van der Waals surface area contributed by atoms with Gasteiger partial charge in [-0.15, -0.1) is 0 Å². The van der Waals surface area contributed by atoms with Crippen molar-refractivity contribution in [2.24, 2.45) is 0 Å². The Labute approximate surface area is 200 Å². The van der Waals surface area contributed by atoms with Crippen LogP contribution in [0.1, 0.15) is 30.4 Å². The lowest BCUT2D eigenvalue weighted by Crippen LogP contribution is -2.33. The van der Waals surface area contributed by atoms with Gasteiger partial charge in [-0.2, -0.15) is 0 Å². The molecule has 5 rings (SSSR count). The molecule has 0 aliphatic carbocycles. The molecule has 1 aromatic carbocycles. The number of carbonyl (C=O) groups excluding carboxylic acids is 1. The molecule has 0 saturated carbocycles. The molecule has 3 aromatic rings. The van der Waals surface area contributed by atoms with Crippen molar-refractivity contribution in [3.8, 4) is 0 Å². The van der Waals surface area contributed by atoms with E-state index in [9.17, 15) is 29.8 Å². The van der Waals surface area contributed by atoms with Gasteiger partial charge >= 0.3 is 5.97 Å². The fraction of sp³-hybridized carbons (Fsp3) is 0.400. The van der Waals surface area contributed by atoms with E-state index in [-0.39, 0.29) is 23.3 Å². The second-order valence-corrected chi connectivity index (χ2v) is 8.54. The minimum Gasteiger partial charge on any atom is -0.459 e. The molecule has 4 atom stereocenters. The fourth-order valence-electron chi connectivity index (χ4n) is 4.23. The number of hydrogen-bond donors (Lipinski definition) is 1. The molecule has 0 radical (unpaired) electrons. The third-order valence-electron chi connectivity index (χ3n) is 5.70. The lowest BCUT2D eigenvalue weighted by atomic mass is 10.1. The number of imidazole rings is 1. The highest BCUT2D eigenvalue weighted by Gasteiger charge is 2.56. The molecule has 0 spiro atoms. The molecule has 4 unspecified atom stereocenters. The van der Waals surface area contributed by atoms with Gasteiger partial charge in [0.1, 0.15) is 24.9 Å². The van der Waals surface area contributed by atoms with E-state index in [1.807, 2.05) is 0 Å². The van der Waals surface area contributed by atoms with Crippen LogP contribution in [0.2, 0.25) is 0 Å². The van der Waals surface area contributed by atoms with Crippen LogP contribution in [0.4, 0.5) is 11.4 Å². The average Bonchev–Trinajstić information content (AvgIpc) is 3.48. The molecule has 2 aliphatic heterocycles. The van der Waals surface area contributed by atoms with Crippen LogP contribution >= 0.6 is 0 Å². The van der Waals surface area contributed by atoms with E-state index in [0.29, 0.717) is 0 Å². The third-order valence-corrected chi connectivity index (χ3v) is 5.70. The zero-order valence-electron chi connectivity index (χ0n) is 18.7. The maximum atomic E-state index is 12.6. The van der Waals surface area contributed by atoms with Gasteiger partial charge in [0.15, 0.2) is 23.2 Å². The Kier molecular flexibility index (Phi) is 5.50. The maximum Gasteiger partial charge on any atom is 0.338 e. The number of aromatic nitrogens is 4. The summed E-state index contributed by atoms with van der Waals surface area (Å²) in [5.74, 6) is -2.02. The van der Waals surface area contributed by atoms with Crippen molar-refractivity contribution in [1.29, 1.82) is 0 Å². The number of nitrogens with one attached hydrogen (secondary N) is 1. The van der Waals surface area contributed by atoms with Gasteiger partial charge in [0.25, 0.3) is 16.9 Å². The van der Waals surface area contributed by atoms with Crippen molar-refractivity contribution < 1.29 is 33.6 Å². The second kappa shape index (κ2) is 8.43. The average molecular weight is 502 g/mol. The number of nitro benzene ring substituents is 2. The van der Waals surface area contributed by atoms with Gasteiger partial charge in [-0.05, 0) is 13.8 Å². The number of nitro groups is 2. The van der Waals surface area contributed by atoms with E-state index < -0.39 is 63.1 Å². The Morgan fingerprint density at radius 2 is 1.81 bits per heavy atom. The molecule has 4 heterocycles. The Morgan fingerprint density at radius 1 is 1.14 bits per heavy atom. The standard InChI is InChI=1S/C20H18N6O10/c1-20(2)35-14-12(6-33-19(28)9-3-10(25(29)30)5-11(4-9)26(31)32)34-18(15(14)36-20)24-8-23-13-16(24)21-7-22-17(13)27/h3-5,7-8,12,14-15,18H,6H2,1-2H3,(H,21,22,27).